The van der Waals surface area contributed by atoms with Crippen LogP contribution in [0.15, 0.2) is 43.0 Å². The second kappa shape index (κ2) is 7.05. The third kappa shape index (κ3) is 5.36. The van der Waals surface area contributed by atoms with Crippen LogP contribution in [-0.2, 0) is 16.1 Å². The first-order valence-corrected chi connectivity index (χ1v) is 4.97. The maximum absolute atomic E-state index is 11.1. The zero-order valence-electron chi connectivity index (χ0n) is 9.22. The predicted molar refractivity (Wildman–Crippen MR) is 61.3 cm³/mol. The number of hydrogen-bond donors (Lipinski definition) is 1. The van der Waals surface area contributed by atoms with Gasteiger partial charge in [0.05, 0.1) is 0 Å². The van der Waals surface area contributed by atoms with Crippen molar-refractivity contribution in [2.24, 2.45) is 0 Å². The Balaban J connectivity index is 2.26. The van der Waals surface area contributed by atoms with Crippen LogP contribution in [-0.4, -0.2) is 18.8 Å². The van der Waals surface area contributed by atoms with E-state index in [1.165, 1.54) is 6.08 Å². The molecule has 0 aliphatic heterocycles. The molecule has 2 amide bonds. The summed E-state index contributed by atoms with van der Waals surface area (Å²) in [5.41, 5.74) is 0.835. The number of carbonyl (C=O) groups excluding carboxylic acids is 2. The third-order valence-electron chi connectivity index (χ3n) is 1.75. The molecule has 90 valence electrons. The minimum Gasteiger partial charge on any atom is -0.445 e. The number of imide groups is 1. The average Bonchev–Trinajstić information content (AvgIpc) is 2.35. The van der Waals surface area contributed by atoms with E-state index in [1.807, 2.05) is 35.6 Å². The molecule has 5 nitrogen and oxygen atoms in total. The molecule has 0 heterocycles. The number of rotatable bonds is 4. The molecule has 1 aromatic carbocycles. The molecule has 0 saturated carbocycles. The Morgan fingerprint density at radius 3 is 2.47 bits per heavy atom. The maximum atomic E-state index is 11.1. The molecule has 5 heteroatoms. The van der Waals surface area contributed by atoms with Crippen molar-refractivity contribution in [2.45, 2.75) is 6.61 Å². The van der Waals surface area contributed by atoms with Gasteiger partial charge in [0, 0.05) is 0 Å². The number of nitrogens with one attached hydrogen (secondary N) is 1. The van der Waals surface area contributed by atoms with Crippen LogP contribution in [0.1, 0.15) is 5.56 Å². The third-order valence-corrected chi connectivity index (χ3v) is 1.75. The quantitative estimate of drug-likeness (QED) is 0.813. The number of ether oxygens (including phenoxy) is 2. The van der Waals surface area contributed by atoms with Gasteiger partial charge in [-0.25, -0.2) is 14.9 Å². The van der Waals surface area contributed by atoms with Gasteiger partial charge in [0.15, 0.2) is 0 Å². The summed E-state index contributed by atoms with van der Waals surface area (Å²) in [5.74, 6) is 0. The van der Waals surface area contributed by atoms with Gasteiger partial charge < -0.3 is 9.47 Å². The van der Waals surface area contributed by atoms with E-state index in [0.717, 1.165) is 5.56 Å². The zero-order chi connectivity index (χ0) is 12.5. The Kier molecular flexibility index (Phi) is 5.30. The lowest BCUT2D eigenvalue weighted by molar-refractivity contribution is 0.125. The molecule has 0 saturated heterocycles. The van der Waals surface area contributed by atoms with E-state index < -0.39 is 12.2 Å². The van der Waals surface area contributed by atoms with Crippen molar-refractivity contribution < 1.29 is 19.1 Å². The van der Waals surface area contributed by atoms with Gasteiger partial charge >= 0.3 is 12.2 Å². The molecule has 1 N–H and O–H groups in total. The van der Waals surface area contributed by atoms with Crippen molar-refractivity contribution in [2.75, 3.05) is 6.61 Å². The van der Waals surface area contributed by atoms with E-state index >= 15 is 0 Å². The van der Waals surface area contributed by atoms with Crippen LogP contribution in [0.2, 0.25) is 0 Å². The lowest BCUT2D eigenvalue weighted by atomic mass is 10.2. The van der Waals surface area contributed by atoms with E-state index in [1.54, 1.807) is 0 Å². The standard InChI is InChI=1S/C12H13NO4/c1-2-8-16-11(14)13-12(15)17-9-10-6-4-3-5-7-10/h2-7H,1,8-9H2,(H,13,14,15). The minimum absolute atomic E-state index is 0.0395. The van der Waals surface area contributed by atoms with Gasteiger partial charge in [-0.05, 0) is 5.56 Å². The highest BCUT2D eigenvalue weighted by Crippen LogP contribution is 2.00. The first kappa shape index (κ1) is 12.8. The number of carbonyl (C=O) groups is 2. The number of hydrogen-bond acceptors (Lipinski definition) is 4. The van der Waals surface area contributed by atoms with Gasteiger partial charge in [-0.2, -0.15) is 0 Å². The van der Waals surface area contributed by atoms with Crippen LogP contribution >= 0.6 is 0 Å². The fourth-order valence-electron chi connectivity index (χ4n) is 1.01. The zero-order valence-corrected chi connectivity index (χ0v) is 9.22. The highest BCUT2D eigenvalue weighted by atomic mass is 16.6. The first-order chi connectivity index (χ1) is 8.22. The predicted octanol–water partition coefficient (Wildman–Crippen LogP) is 2.24. The largest absolute Gasteiger partial charge is 0.445 e. The van der Waals surface area contributed by atoms with E-state index in [9.17, 15) is 9.59 Å². The molecular weight excluding hydrogens is 222 g/mol. The fraction of sp³-hybridized carbons (Fsp3) is 0.167. The molecule has 1 rings (SSSR count). The van der Waals surface area contributed by atoms with Gasteiger partial charge in [0.25, 0.3) is 0 Å². The molecule has 0 aliphatic carbocycles. The van der Waals surface area contributed by atoms with Crippen molar-refractivity contribution in [3.8, 4) is 0 Å². The molecule has 0 atom stereocenters. The van der Waals surface area contributed by atoms with Crippen molar-refractivity contribution in [1.82, 2.24) is 5.32 Å². The Bertz CT molecular complexity index is 389. The number of alkyl carbamates (subject to hydrolysis) is 2. The van der Waals surface area contributed by atoms with E-state index in [-0.39, 0.29) is 13.2 Å². The summed E-state index contributed by atoms with van der Waals surface area (Å²) in [4.78, 5) is 22.1. The van der Waals surface area contributed by atoms with Gasteiger partial charge in [0.2, 0.25) is 0 Å². The SMILES string of the molecule is C=CCOC(=O)NC(=O)OCc1ccccc1. The summed E-state index contributed by atoms with van der Waals surface area (Å²) in [6, 6.07) is 9.13. The lowest BCUT2D eigenvalue weighted by Gasteiger charge is -2.05. The highest BCUT2D eigenvalue weighted by molar-refractivity contribution is 5.87. The van der Waals surface area contributed by atoms with Gasteiger partial charge in [-0.1, -0.05) is 43.0 Å². The summed E-state index contributed by atoms with van der Waals surface area (Å²) in [6.07, 6.45) is -0.305. The Labute approximate surface area is 99.0 Å². The number of amides is 2. The van der Waals surface area contributed by atoms with Crippen molar-refractivity contribution in [1.29, 1.82) is 0 Å². The second-order valence-electron chi connectivity index (χ2n) is 3.07. The number of benzene rings is 1. The molecular formula is C12H13NO4. The van der Waals surface area contributed by atoms with Crippen LogP contribution in [0.25, 0.3) is 0 Å². The summed E-state index contributed by atoms with van der Waals surface area (Å²) >= 11 is 0. The van der Waals surface area contributed by atoms with E-state index in [0.29, 0.717) is 0 Å². The van der Waals surface area contributed by atoms with E-state index in [2.05, 4.69) is 11.3 Å². The molecule has 0 bridgehead atoms. The van der Waals surface area contributed by atoms with E-state index in [4.69, 9.17) is 4.74 Å². The smallest absolute Gasteiger partial charge is 0.416 e. The average molecular weight is 235 g/mol. The normalized spacial score (nSPS) is 9.18. The summed E-state index contributed by atoms with van der Waals surface area (Å²) < 4.78 is 9.35. The minimum atomic E-state index is -0.858. The van der Waals surface area contributed by atoms with Crippen LogP contribution in [0.3, 0.4) is 0 Å². The topological polar surface area (TPSA) is 64.6 Å². The lowest BCUT2D eigenvalue weighted by Crippen LogP contribution is -2.31. The Morgan fingerprint density at radius 1 is 1.18 bits per heavy atom. The molecule has 1 aromatic rings. The van der Waals surface area contributed by atoms with Crippen molar-refractivity contribution >= 4 is 12.2 Å². The maximum Gasteiger partial charge on any atom is 0.416 e. The van der Waals surface area contributed by atoms with Crippen molar-refractivity contribution in [3.63, 3.8) is 0 Å². The van der Waals surface area contributed by atoms with Crippen LogP contribution in [0.4, 0.5) is 9.59 Å². The van der Waals surface area contributed by atoms with Gasteiger partial charge in [-0.15, -0.1) is 0 Å². The molecule has 0 spiro atoms. The Hall–Kier alpha value is -2.30. The first-order valence-electron chi connectivity index (χ1n) is 4.97. The van der Waals surface area contributed by atoms with Crippen LogP contribution in [0, 0.1) is 0 Å². The summed E-state index contributed by atoms with van der Waals surface area (Å²) in [6.45, 7) is 3.50. The summed E-state index contributed by atoms with van der Waals surface area (Å²) in [5, 5.41) is 1.91. The van der Waals surface area contributed by atoms with Crippen LogP contribution in [0.5, 0.6) is 0 Å². The van der Waals surface area contributed by atoms with Crippen molar-refractivity contribution in [3.05, 3.63) is 48.6 Å². The second-order valence-corrected chi connectivity index (χ2v) is 3.07. The summed E-state index contributed by atoms with van der Waals surface area (Å²) in [7, 11) is 0. The van der Waals surface area contributed by atoms with Crippen LogP contribution < -0.4 is 5.32 Å². The Morgan fingerprint density at radius 2 is 1.82 bits per heavy atom. The molecule has 0 fully saturated rings. The van der Waals surface area contributed by atoms with Gasteiger partial charge in [0.1, 0.15) is 13.2 Å². The molecule has 0 radical (unpaired) electrons. The monoisotopic (exact) mass is 235 g/mol. The molecule has 0 unspecified atom stereocenters. The van der Waals surface area contributed by atoms with Gasteiger partial charge in [-0.3, -0.25) is 0 Å². The molecule has 0 aliphatic rings. The molecule has 0 aromatic heterocycles. The fourth-order valence-corrected chi connectivity index (χ4v) is 1.01. The molecule has 17 heavy (non-hydrogen) atoms. The highest BCUT2D eigenvalue weighted by Gasteiger charge is 2.08.